The van der Waals surface area contributed by atoms with Gasteiger partial charge in [0.15, 0.2) is 0 Å². The van der Waals surface area contributed by atoms with Crippen molar-refractivity contribution < 1.29 is 23.0 Å². The molecule has 0 amide bonds. The Bertz CT molecular complexity index is 535. The molecule has 0 fully saturated rings. The Balaban J connectivity index is 2.47. The van der Waals surface area contributed by atoms with E-state index in [1.54, 1.807) is 24.3 Å². The molecular formula is C13H22N2O5S. The lowest BCUT2D eigenvalue weighted by Gasteiger charge is -2.20. The topological polar surface area (TPSA) is 102 Å². The Kier molecular flexibility index (Phi) is 6.90. The molecule has 120 valence electrons. The fourth-order valence-electron chi connectivity index (χ4n) is 1.68. The number of para-hydroxylation sites is 2. The Morgan fingerprint density at radius 2 is 2.05 bits per heavy atom. The van der Waals surface area contributed by atoms with Crippen molar-refractivity contribution in [2.24, 2.45) is 0 Å². The number of nitrogens with two attached hydrogens (primary N) is 1. The number of benzene rings is 1. The molecule has 0 aliphatic rings. The average Bonchev–Trinajstić information content (AvgIpc) is 2.41. The van der Waals surface area contributed by atoms with Crippen LogP contribution in [-0.2, 0) is 14.8 Å². The van der Waals surface area contributed by atoms with Gasteiger partial charge in [0.1, 0.15) is 12.4 Å². The van der Waals surface area contributed by atoms with Gasteiger partial charge in [0.05, 0.1) is 24.2 Å². The number of hydrogen-bond acceptors (Lipinski definition) is 6. The molecule has 3 N–H and O–H groups in total. The second-order valence-electron chi connectivity index (χ2n) is 4.59. The van der Waals surface area contributed by atoms with Crippen LogP contribution in [0, 0.1) is 0 Å². The number of aliphatic hydroxyl groups excluding tert-OH is 1. The highest BCUT2D eigenvalue weighted by atomic mass is 32.2. The van der Waals surface area contributed by atoms with Crippen molar-refractivity contribution in [3.63, 3.8) is 0 Å². The molecule has 0 saturated carbocycles. The number of sulfonamides is 1. The highest BCUT2D eigenvalue weighted by Crippen LogP contribution is 2.19. The number of likely N-dealkylation sites (N-methyl/N-ethyl adjacent to an activating group) is 1. The summed E-state index contributed by atoms with van der Waals surface area (Å²) in [6.45, 7) is 0.0435. The Morgan fingerprint density at radius 3 is 2.67 bits per heavy atom. The minimum Gasteiger partial charge on any atom is -0.490 e. The van der Waals surface area contributed by atoms with Gasteiger partial charge >= 0.3 is 0 Å². The van der Waals surface area contributed by atoms with Gasteiger partial charge in [0.25, 0.3) is 0 Å². The van der Waals surface area contributed by atoms with Crippen molar-refractivity contribution in [3.8, 4) is 5.75 Å². The molecule has 0 aromatic heterocycles. The third-order valence-electron chi connectivity index (χ3n) is 2.82. The molecule has 0 bridgehead atoms. The van der Waals surface area contributed by atoms with Crippen molar-refractivity contribution in [2.75, 3.05) is 45.4 Å². The first kappa shape index (κ1) is 17.7. The number of anilines is 1. The maximum atomic E-state index is 12.0. The second kappa shape index (κ2) is 8.18. The number of ether oxygens (including phenoxy) is 2. The SMILES string of the molecule is COCC(O)CN(C)S(=O)(=O)CCOc1ccccc1N. The smallest absolute Gasteiger partial charge is 0.217 e. The summed E-state index contributed by atoms with van der Waals surface area (Å²) >= 11 is 0. The summed E-state index contributed by atoms with van der Waals surface area (Å²) in [4.78, 5) is 0. The highest BCUT2D eigenvalue weighted by Gasteiger charge is 2.20. The number of methoxy groups -OCH3 is 1. The molecule has 1 aromatic rings. The molecule has 1 atom stereocenters. The summed E-state index contributed by atoms with van der Waals surface area (Å²) in [5, 5.41) is 9.54. The summed E-state index contributed by atoms with van der Waals surface area (Å²) in [7, 11) is -0.657. The van der Waals surface area contributed by atoms with Gasteiger partial charge in [-0.25, -0.2) is 12.7 Å². The molecule has 1 aromatic carbocycles. The van der Waals surface area contributed by atoms with E-state index in [-0.39, 0.29) is 25.5 Å². The van der Waals surface area contributed by atoms with Gasteiger partial charge in [-0.2, -0.15) is 0 Å². The molecule has 0 spiro atoms. The fraction of sp³-hybridized carbons (Fsp3) is 0.538. The van der Waals surface area contributed by atoms with E-state index in [1.807, 2.05) is 0 Å². The van der Waals surface area contributed by atoms with Crippen LogP contribution < -0.4 is 10.5 Å². The molecule has 0 heterocycles. The predicted octanol–water partition coefficient (Wildman–Crippen LogP) is -0.0835. The van der Waals surface area contributed by atoms with Crippen LogP contribution in [0.1, 0.15) is 0 Å². The lowest BCUT2D eigenvalue weighted by Crippen LogP contribution is -2.38. The van der Waals surface area contributed by atoms with Gasteiger partial charge < -0.3 is 20.3 Å². The molecule has 21 heavy (non-hydrogen) atoms. The normalized spacial score (nSPS) is 13.3. The van der Waals surface area contributed by atoms with Crippen LogP contribution in [0.15, 0.2) is 24.3 Å². The van der Waals surface area contributed by atoms with E-state index in [9.17, 15) is 13.5 Å². The predicted molar refractivity (Wildman–Crippen MR) is 80.6 cm³/mol. The van der Waals surface area contributed by atoms with E-state index < -0.39 is 16.1 Å². The quantitative estimate of drug-likeness (QED) is 0.617. The summed E-state index contributed by atoms with van der Waals surface area (Å²) in [5.41, 5.74) is 6.15. The highest BCUT2D eigenvalue weighted by molar-refractivity contribution is 7.89. The van der Waals surface area contributed by atoms with Crippen LogP contribution >= 0.6 is 0 Å². The zero-order valence-corrected chi connectivity index (χ0v) is 13.0. The standard InChI is InChI=1S/C13H22N2O5S/c1-15(9-11(16)10-19-2)21(17,18)8-7-20-13-6-4-3-5-12(13)14/h3-6,11,16H,7-10,14H2,1-2H3. The number of hydrogen-bond donors (Lipinski definition) is 2. The minimum atomic E-state index is -3.50. The zero-order valence-electron chi connectivity index (χ0n) is 12.2. The van der Waals surface area contributed by atoms with Gasteiger partial charge in [-0.15, -0.1) is 0 Å². The third kappa shape index (κ3) is 5.88. The van der Waals surface area contributed by atoms with E-state index in [0.29, 0.717) is 11.4 Å². The van der Waals surface area contributed by atoms with Gasteiger partial charge in [-0.05, 0) is 12.1 Å². The minimum absolute atomic E-state index is 0.0126. The van der Waals surface area contributed by atoms with Gasteiger partial charge in [-0.3, -0.25) is 0 Å². The Morgan fingerprint density at radius 1 is 1.38 bits per heavy atom. The van der Waals surface area contributed by atoms with Crippen molar-refractivity contribution in [3.05, 3.63) is 24.3 Å². The Labute approximate surface area is 125 Å². The zero-order chi connectivity index (χ0) is 15.9. The van der Waals surface area contributed by atoms with E-state index in [0.717, 1.165) is 4.31 Å². The molecule has 0 radical (unpaired) electrons. The summed E-state index contributed by atoms with van der Waals surface area (Å²) in [6.07, 6.45) is -0.861. The lowest BCUT2D eigenvalue weighted by atomic mass is 10.3. The van der Waals surface area contributed by atoms with Crippen LogP contribution in [0.4, 0.5) is 5.69 Å². The molecule has 0 aliphatic carbocycles. The third-order valence-corrected chi connectivity index (χ3v) is 4.60. The largest absolute Gasteiger partial charge is 0.490 e. The van der Waals surface area contributed by atoms with Gasteiger partial charge in [0, 0.05) is 20.7 Å². The lowest BCUT2D eigenvalue weighted by molar-refractivity contribution is 0.0554. The number of nitrogen functional groups attached to an aromatic ring is 1. The molecule has 1 rings (SSSR count). The maximum absolute atomic E-state index is 12.0. The Hall–Kier alpha value is -1.35. The molecule has 7 nitrogen and oxygen atoms in total. The van der Waals surface area contributed by atoms with E-state index >= 15 is 0 Å². The van der Waals surface area contributed by atoms with Gasteiger partial charge in [-0.1, -0.05) is 12.1 Å². The molecule has 1 unspecified atom stereocenters. The van der Waals surface area contributed by atoms with Crippen molar-refractivity contribution in [1.82, 2.24) is 4.31 Å². The summed E-state index contributed by atoms with van der Waals surface area (Å²) in [5.74, 6) is 0.257. The fourth-order valence-corrected chi connectivity index (χ4v) is 2.69. The first-order valence-corrected chi connectivity index (χ1v) is 8.06. The maximum Gasteiger partial charge on any atom is 0.217 e. The van der Waals surface area contributed by atoms with Crippen molar-refractivity contribution >= 4 is 15.7 Å². The number of rotatable bonds is 9. The van der Waals surface area contributed by atoms with Crippen molar-refractivity contribution in [2.45, 2.75) is 6.10 Å². The van der Waals surface area contributed by atoms with Crippen LogP contribution in [0.2, 0.25) is 0 Å². The van der Waals surface area contributed by atoms with Crippen LogP contribution in [0.5, 0.6) is 5.75 Å². The first-order chi connectivity index (χ1) is 9.86. The average molecular weight is 318 g/mol. The van der Waals surface area contributed by atoms with Crippen LogP contribution in [-0.4, -0.2) is 63.6 Å². The second-order valence-corrected chi connectivity index (χ2v) is 6.79. The molecule has 0 saturated heterocycles. The van der Waals surface area contributed by atoms with Gasteiger partial charge in [0.2, 0.25) is 10.0 Å². The van der Waals surface area contributed by atoms with E-state index in [2.05, 4.69) is 0 Å². The molecule has 8 heteroatoms. The molecule has 0 aliphatic heterocycles. The molecular weight excluding hydrogens is 296 g/mol. The summed E-state index contributed by atoms with van der Waals surface area (Å²) < 4.78 is 35.2. The number of aliphatic hydroxyl groups is 1. The number of nitrogens with zero attached hydrogens (tertiary/aromatic N) is 1. The first-order valence-electron chi connectivity index (χ1n) is 6.45. The monoisotopic (exact) mass is 318 g/mol. The van der Waals surface area contributed by atoms with E-state index in [1.165, 1.54) is 14.2 Å². The summed E-state index contributed by atoms with van der Waals surface area (Å²) in [6, 6.07) is 6.88. The van der Waals surface area contributed by atoms with Crippen molar-refractivity contribution in [1.29, 1.82) is 0 Å². The van der Waals surface area contributed by atoms with E-state index in [4.69, 9.17) is 15.2 Å². The van der Waals surface area contributed by atoms with Crippen LogP contribution in [0.25, 0.3) is 0 Å². The van der Waals surface area contributed by atoms with Crippen LogP contribution in [0.3, 0.4) is 0 Å².